The Morgan fingerprint density at radius 1 is 1.15 bits per heavy atom. The molecule has 0 aliphatic heterocycles. The Kier molecular flexibility index (Phi) is 4.81. The molecule has 0 fully saturated rings. The third-order valence-electron chi connectivity index (χ3n) is 2.96. The Morgan fingerprint density at radius 2 is 1.90 bits per heavy atom. The second kappa shape index (κ2) is 6.79. The van der Waals surface area contributed by atoms with E-state index in [4.69, 9.17) is 10.5 Å². The minimum Gasteiger partial charge on any atom is -0.481 e. The lowest BCUT2D eigenvalue weighted by Crippen LogP contribution is -2.08. The number of hydrogen-bond acceptors (Lipinski definition) is 2. The van der Waals surface area contributed by atoms with Crippen molar-refractivity contribution in [2.75, 3.05) is 6.61 Å². The third kappa shape index (κ3) is 3.88. The number of nitrogens with two attached hydrogens (primary N) is 1. The van der Waals surface area contributed by atoms with Gasteiger partial charge in [0.25, 0.3) is 0 Å². The summed E-state index contributed by atoms with van der Waals surface area (Å²) in [5.41, 5.74) is 9.16. The van der Waals surface area contributed by atoms with Crippen LogP contribution in [0.3, 0.4) is 0 Å². The van der Waals surface area contributed by atoms with Crippen LogP contribution in [0.1, 0.15) is 29.7 Å². The lowest BCUT2D eigenvalue weighted by Gasteiger charge is -2.13. The first-order valence-corrected chi connectivity index (χ1v) is 6.69. The molecule has 0 heterocycles. The molecule has 0 saturated heterocycles. The van der Waals surface area contributed by atoms with Crippen LogP contribution in [0, 0.1) is 18.8 Å². The Labute approximate surface area is 120 Å². The largest absolute Gasteiger partial charge is 0.481 e. The molecule has 0 aliphatic carbocycles. The molecular weight excluding hydrogens is 246 g/mol. The Balaban J connectivity index is 2.03. The highest BCUT2D eigenvalue weighted by molar-refractivity contribution is 5.39. The van der Waals surface area contributed by atoms with Gasteiger partial charge in [0.15, 0.2) is 0 Å². The number of aryl methyl sites for hydroxylation is 1. The summed E-state index contributed by atoms with van der Waals surface area (Å²) < 4.78 is 5.72. The third-order valence-corrected chi connectivity index (χ3v) is 2.96. The zero-order valence-electron chi connectivity index (χ0n) is 11.9. The first-order chi connectivity index (χ1) is 9.66. The van der Waals surface area contributed by atoms with Gasteiger partial charge in [0.05, 0.1) is 0 Å². The fraction of sp³-hybridized carbons (Fsp3) is 0.222. The number of hydrogen-bond donors (Lipinski definition) is 1. The highest BCUT2D eigenvalue weighted by Crippen LogP contribution is 2.24. The highest BCUT2D eigenvalue weighted by Gasteiger charge is 2.07. The van der Waals surface area contributed by atoms with Crippen molar-refractivity contribution in [1.29, 1.82) is 0 Å². The van der Waals surface area contributed by atoms with Crippen molar-refractivity contribution in [2.24, 2.45) is 5.73 Å². The van der Waals surface area contributed by atoms with Gasteiger partial charge in [-0.2, -0.15) is 0 Å². The van der Waals surface area contributed by atoms with Gasteiger partial charge in [0.1, 0.15) is 12.4 Å². The van der Waals surface area contributed by atoms with E-state index >= 15 is 0 Å². The van der Waals surface area contributed by atoms with Crippen LogP contribution in [0.4, 0.5) is 0 Å². The average molecular weight is 265 g/mol. The second-order valence-corrected chi connectivity index (χ2v) is 4.79. The molecule has 0 saturated carbocycles. The predicted octanol–water partition coefficient (Wildman–Crippen LogP) is 3.45. The van der Waals surface area contributed by atoms with Crippen molar-refractivity contribution >= 4 is 0 Å². The topological polar surface area (TPSA) is 35.2 Å². The van der Waals surface area contributed by atoms with Crippen LogP contribution in [-0.4, -0.2) is 6.61 Å². The van der Waals surface area contributed by atoms with Crippen LogP contribution in [-0.2, 0) is 0 Å². The molecular formula is C18H19NO. The molecule has 2 aromatic carbocycles. The molecule has 0 unspecified atom stereocenters. The van der Waals surface area contributed by atoms with Crippen LogP contribution in [0.15, 0.2) is 48.5 Å². The van der Waals surface area contributed by atoms with Gasteiger partial charge in [0, 0.05) is 17.2 Å². The molecule has 20 heavy (non-hydrogen) atoms. The van der Waals surface area contributed by atoms with Gasteiger partial charge in [-0.1, -0.05) is 47.7 Å². The minimum absolute atomic E-state index is 0.0491. The molecule has 2 rings (SSSR count). The zero-order chi connectivity index (χ0) is 14.4. The molecule has 102 valence electrons. The van der Waals surface area contributed by atoms with Crippen LogP contribution in [0.2, 0.25) is 0 Å². The van der Waals surface area contributed by atoms with Gasteiger partial charge in [0.2, 0.25) is 0 Å². The fourth-order valence-electron chi connectivity index (χ4n) is 1.93. The number of rotatable bonds is 3. The van der Waals surface area contributed by atoms with E-state index in [9.17, 15) is 0 Å². The van der Waals surface area contributed by atoms with Gasteiger partial charge in [-0.25, -0.2) is 0 Å². The van der Waals surface area contributed by atoms with Crippen molar-refractivity contribution in [3.05, 3.63) is 65.2 Å². The molecule has 2 N–H and O–H groups in total. The number of benzene rings is 2. The van der Waals surface area contributed by atoms with Gasteiger partial charge >= 0.3 is 0 Å². The molecule has 0 aliphatic rings. The highest BCUT2D eigenvalue weighted by atomic mass is 16.5. The molecule has 0 amide bonds. The molecule has 2 heteroatoms. The smallest absolute Gasteiger partial charge is 0.149 e. The van der Waals surface area contributed by atoms with E-state index < -0.39 is 0 Å². The number of ether oxygens (including phenoxy) is 1. The minimum atomic E-state index is -0.0491. The zero-order valence-corrected chi connectivity index (χ0v) is 11.9. The fourth-order valence-corrected chi connectivity index (χ4v) is 1.93. The van der Waals surface area contributed by atoms with Crippen molar-refractivity contribution in [1.82, 2.24) is 0 Å². The molecule has 0 aromatic heterocycles. The summed E-state index contributed by atoms with van der Waals surface area (Å²) in [7, 11) is 0. The van der Waals surface area contributed by atoms with E-state index in [1.165, 1.54) is 5.56 Å². The predicted molar refractivity (Wildman–Crippen MR) is 82.6 cm³/mol. The first kappa shape index (κ1) is 14.2. The normalized spacial score (nSPS) is 11.3. The maximum Gasteiger partial charge on any atom is 0.149 e. The van der Waals surface area contributed by atoms with Gasteiger partial charge in [-0.05, 0) is 32.0 Å². The van der Waals surface area contributed by atoms with Crippen molar-refractivity contribution in [3.63, 3.8) is 0 Å². The molecule has 1 atom stereocenters. The van der Waals surface area contributed by atoms with E-state index in [0.717, 1.165) is 16.9 Å². The van der Waals surface area contributed by atoms with Crippen molar-refractivity contribution < 1.29 is 4.74 Å². The Hall–Kier alpha value is -2.24. The summed E-state index contributed by atoms with van der Waals surface area (Å²) in [5.74, 6) is 6.90. The molecule has 2 nitrogen and oxygen atoms in total. The first-order valence-electron chi connectivity index (χ1n) is 6.69. The average Bonchev–Trinajstić information content (AvgIpc) is 2.45. The standard InChI is InChI=1S/C18H19NO/c1-14-10-11-18(17(13-14)15(2)19)20-12-6-9-16-7-4-3-5-8-16/h3-5,7-8,10-11,13,15H,12,19H2,1-2H3/t15-/m0/s1. The van der Waals surface area contributed by atoms with E-state index in [1.54, 1.807) is 0 Å². The summed E-state index contributed by atoms with van der Waals surface area (Å²) >= 11 is 0. The monoisotopic (exact) mass is 265 g/mol. The molecule has 0 bridgehead atoms. The van der Waals surface area contributed by atoms with Gasteiger partial charge < -0.3 is 10.5 Å². The summed E-state index contributed by atoms with van der Waals surface area (Å²) in [6, 6.07) is 15.9. The van der Waals surface area contributed by atoms with Gasteiger partial charge in [-0.15, -0.1) is 0 Å². The Bertz CT molecular complexity index is 621. The maximum atomic E-state index is 5.96. The van der Waals surface area contributed by atoms with Crippen LogP contribution in [0.25, 0.3) is 0 Å². The lowest BCUT2D eigenvalue weighted by molar-refractivity contribution is 0.364. The van der Waals surface area contributed by atoms with Crippen LogP contribution >= 0.6 is 0 Å². The second-order valence-electron chi connectivity index (χ2n) is 4.79. The molecule has 0 spiro atoms. The maximum absolute atomic E-state index is 5.96. The van der Waals surface area contributed by atoms with Crippen LogP contribution < -0.4 is 10.5 Å². The summed E-state index contributed by atoms with van der Waals surface area (Å²) in [6.45, 7) is 4.36. The van der Waals surface area contributed by atoms with E-state index in [0.29, 0.717) is 6.61 Å². The quantitative estimate of drug-likeness (QED) is 0.863. The van der Waals surface area contributed by atoms with Crippen LogP contribution in [0.5, 0.6) is 5.75 Å². The van der Waals surface area contributed by atoms with Crippen molar-refractivity contribution in [3.8, 4) is 17.6 Å². The summed E-state index contributed by atoms with van der Waals surface area (Å²) in [4.78, 5) is 0. The Morgan fingerprint density at radius 3 is 2.60 bits per heavy atom. The summed E-state index contributed by atoms with van der Waals surface area (Å²) in [5, 5.41) is 0. The van der Waals surface area contributed by atoms with E-state index in [2.05, 4.69) is 17.9 Å². The van der Waals surface area contributed by atoms with Crippen molar-refractivity contribution in [2.45, 2.75) is 19.9 Å². The van der Waals surface area contributed by atoms with Gasteiger partial charge in [-0.3, -0.25) is 0 Å². The summed E-state index contributed by atoms with van der Waals surface area (Å²) in [6.07, 6.45) is 0. The molecule has 2 aromatic rings. The van der Waals surface area contributed by atoms with E-state index in [-0.39, 0.29) is 6.04 Å². The molecule has 0 radical (unpaired) electrons. The van der Waals surface area contributed by atoms with E-state index in [1.807, 2.05) is 56.3 Å². The SMILES string of the molecule is Cc1ccc(OCC#Cc2ccccc2)c([C@H](C)N)c1. The lowest BCUT2D eigenvalue weighted by atomic mass is 10.1.